The van der Waals surface area contributed by atoms with Crippen molar-refractivity contribution < 1.29 is 9.53 Å². The number of carbonyl (C=O) groups is 1. The lowest BCUT2D eigenvalue weighted by molar-refractivity contribution is 0.0741. The molecule has 3 rings (SSSR count). The third-order valence-electron chi connectivity index (χ3n) is 3.88. The monoisotopic (exact) mass is 299 g/mol. The maximum atomic E-state index is 12.5. The number of ether oxygens (including phenoxy) is 1. The number of benzene rings is 1. The van der Waals surface area contributed by atoms with Gasteiger partial charge in [-0.1, -0.05) is 0 Å². The van der Waals surface area contributed by atoms with Gasteiger partial charge in [0.1, 0.15) is 0 Å². The van der Waals surface area contributed by atoms with Crippen LogP contribution < -0.4 is 0 Å². The van der Waals surface area contributed by atoms with Crippen molar-refractivity contribution in [1.82, 2.24) is 14.7 Å². The van der Waals surface area contributed by atoms with E-state index in [2.05, 4.69) is 5.10 Å². The molecule has 1 fully saturated rings. The highest BCUT2D eigenvalue weighted by molar-refractivity contribution is 5.94. The average Bonchev–Trinajstić information content (AvgIpc) is 2.73. The first-order valence-corrected chi connectivity index (χ1v) is 7.66. The Kier molecular flexibility index (Phi) is 4.24. The zero-order valence-corrected chi connectivity index (χ0v) is 13.1. The summed E-state index contributed by atoms with van der Waals surface area (Å²) in [5, 5.41) is 4.46. The fourth-order valence-corrected chi connectivity index (χ4v) is 2.77. The van der Waals surface area contributed by atoms with Crippen molar-refractivity contribution in [3.63, 3.8) is 0 Å². The molecule has 1 saturated heterocycles. The number of hydrogen-bond acceptors (Lipinski definition) is 3. The molecule has 0 spiro atoms. The second kappa shape index (κ2) is 6.32. The van der Waals surface area contributed by atoms with Crippen molar-refractivity contribution in [2.75, 3.05) is 26.3 Å². The Hall–Kier alpha value is -2.14. The molecule has 0 N–H and O–H groups in total. The molecule has 1 aliphatic heterocycles. The maximum absolute atomic E-state index is 12.5. The van der Waals surface area contributed by atoms with Gasteiger partial charge in [-0.05, 0) is 50.6 Å². The number of carbonyl (C=O) groups excluding carboxylic acids is 1. The van der Waals surface area contributed by atoms with Crippen LogP contribution in [0.15, 0.2) is 30.3 Å². The van der Waals surface area contributed by atoms with Gasteiger partial charge < -0.3 is 9.64 Å². The number of rotatable bonds is 2. The summed E-state index contributed by atoms with van der Waals surface area (Å²) in [6, 6.07) is 9.68. The highest BCUT2D eigenvalue weighted by Gasteiger charge is 2.17. The van der Waals surface area contributed by atoms with Crippen LogP contribution in [0.1, 0.15) is 28.2 Å². The zero-order valence-electron chi connectivity index (χ0n) is 13.1. The maximum Gasteiger partial charge on any atom is 0.253 e. The van der Waals surface area contributed by atoms with E-state index in [1.54, 1.807) is 0 Å². The van der Waals surface area contributed by atoms with E-state index in [4.69, 9.17) is 4.74 Å². The molecule has 0 radical (unpaired) electrons. The molecule has 1 aromatic heterocycles. The first kappa shape index (κ1) is 14.8. The first-order chi connectivity index (χ1) is 10.6. The van der Waals surface area contributed by atoms with Crippen LogP contribution in [0.4, 0.5) is 0 Å². The first-order valence-electron chi connectivity index (χ1n) is 7.66. The molecule has 5 nitrogen and oxygen atoms in total. The van der Waals surface area contributed by atoms with Crippen molar-refractivity contribution in [2.24, 2.45) is 0 Å². The number of amides is 1. The van der Waals surface area contributed by atoms with Crippen LogP contribution in [-0.2, 0) is 4.74 Å². The number of nitrogens with zero attached hydrogens (tertiary/aromatic N) is 3. The summed E-state index contributed by atoms with van der Waals surface area (Å²) < 4.78 is 7.29. The number of aryl methyl sites for hydroxylation is 2. The lowest BCUT2D eigenvalue weighted by Crippen LogP contribution is -2.33. The van der Waals surface area contributed by atoms with Crippen LogP contribution >= 0.6 is 0 Å². The van der Waals surface area contributed by atoms with Crippen LogP contribution in [0, 0.1) is 13.8 Å². The summed E-state index contributed by atoms with van der Waals surface area (Å²) in [5.74, 6) is 0.0745. The fourth-order valence-electron chi connectivity index (χ4n) is 2.77. The molecule has 2 aromatic rings. The van der Waals surface area contributed by atoms with Gasteiger partial charge in [-0.15, -0.1) is 0 Å². The summed E-state index contributed by atoms with van der Waals surface area (Å²) in [5.41, 5.74) is 3.76. The topological polar surface area (TPSA) is 47.4 Å². The van der Waals surface area contributed by atoms with Crippen molar-refractivity contribution in [2.45, 2.75) is 20.3 Å². The van der Waals surface area contributed by atoms with Gasteiger partial charge in [0.15, 0.2) is 0 Å². The van der Waals surface area contributed by atoms with Crippen LogP contribution in [-0.4, -0.2) is 46.9 Å². The highest BCUT2D eigenvalue weighted by Crippen LogP contribution is 2.15. The fraction of sp³-hybridized carbons (Fsp3) is 0.412. The van der Waals surface area contributed by atoms with Crippen LogP contribution in [0.5, 0.6) is 0 Å². The molecule has 1 amide bonds. The third kappa shape index (κ3) is 3.04. The third-order valence-corrected chi connectivity index (χ3v) is 3.88. The minimum atomic E-state index is 0.0745. The Balaban J connectivity index is 1.78. The van der Waals surface area contributed by atoms with Crippen molar-refractivity contribution in [1.29, 1.82) is 0 Å². The second-order valence-electron chi connectivity index (χ2n) is 5.64. The SMILES string of the molecule is Cc1cc(C)n(-c2ccc(C(=O)N3CCCOCC3)cc2)n1. The van der Waals surface area contributed by atoms with E-state index in [0.29, 0.717) is 18.7 Å². The molecule has 0 bridgehead atoms. The van der Waals surface area contributed by atoms with Crippen molar-refractivity contribution in [3.8, 4) is 5.69 Å². The van der Waals surface area contributed by atoms with Gasteiger partial charge in [-0.2, -0.15) is 5.10 Å². The Morgan fingerprint density at radius 3 is 2.59 bits per heavy atom. The molecule has 0 atom stereocenters. The minimum Gasteiger partial charge on any atom is -0.380 e. The van der Waals surface area contributed by atoms with Crippen LogP contribution in [0.2, 0.25) is 0 Å². The number of aromatic nitrogens is 2. The molecular weight excluding hydrogens is 278 g/mol. The summed E-state index contributed by atoms with van der Waals surface area (Å²) in [4.78, 5) is 14.4. The van der Waals surface area contributed by atoms with E-state index in [9.17, 15) is 4.79 Å². The number of hydrogen-bond donors (Lipinski definition) is 0. The lowest BCUT2D eigenvalue weighted by atomic mass is 10.1. The van der Waals surface area contributed by atoms with Gasteiger partial charge in [0.2, 0.25) is 0 Å². The van der Waals surface area contributed by atoms with Crippen LogP contribution in [0.3, 0.4) is 0 Å². The van der Waals surface area contributed by atoms with Crippen molar-refractivity contribution >= 4 is 5.91 Å². The normalized spacial score (nSPS) is 15.6. The molecule has 0 unspecified atom stereocenters. The smallest absolute Gasteiger partial charge is 0.253 e. The van der Waals surface area contributed by atoms with Gasteiger partial charge in [-0.25, -0.2) is 4.68 Å². The molecule has 1 aromatic carbocycles. The summed E-state index contributed by atoms with van der Waals surface area (Å²) in [7, 11) is 0. The molecule has 5 heteroatoms. The summed E-state index contributed by atoms with van der Waals surface area (Å²) in [6.07, 6.45) is 0.898. The highest BCUT2D eigenvalue weighted by atomic mass is 16.5. The largest absolute Gasteiger partial charge is 0.380 e. The Bertz CT molecular complexity index is 653. The van der Waals surface area contributed by atoms with Gasteiger partial charge in [0, 0.05) is 31.0 Å². The van der Waals surface area contributed by atoms with E-state index >= 15 is 0 Å². The lowest BCUT2D eigenvalue weighted by Gasteiger charge is -2.19. The molecule has 22 heavy (non-hydrogen) atoms. The predicted molar refractivity (Wildman–Crippen MR) is 84.4 cm³/mol. The van der Waals surface area contributed by atoms with Crippen molar-refractivity contribution in [3.05, 3.63) is 47.3 Å². The van der Waals surface area contributed by atoms with Gasteiger partial charge in [0.05, 0.1) is 18.0 Å². The van der Waals surface area contributed by atoms with E-state index < -0.39 is 0 Å². The van der Waals surface area contributed by atoms with Gasteiger partial charge >= 0.3 is 0 Å². The Morgan fingerprint density at radius 1 is 1.14 bits per heavy atom. The van der Waals surface area contributed by atoms with E-state index in [1.165, 1.54) is 0 Å². The quantitative estimate of drug-likeness (QED) is 0.855. The Morgan fingerprint density at radius 2 is 1.91 bits per heavy atom. The van der Waals surface area contributed by atoms with E-state index in [-0.39, 0.29) is 5.91 Å². The van der Waals surface area contributed by atoms with Gasteiger partial charge in [0.25, 0.3) is 5.91 Å². The molecule has 0 saturated carbocycles. The standard InChI is InChI=1S/C17H21N3O2/c1-13-12-14(2)20(18-13)16-6-4-15(5-7-16)17(21)19-8-3-10-22-11-9-19/h4-7,12H,3,8-11H2,1-2H3. The summed E-state index contributed by atoms with van der Waals surface area (Å²) >= 11 is 0. The van der Waals surface area contributed by atoms with E-state index in [0.717, 1.165) is 36.6 Å². The molecule has 116 valence electrons. The predicted octanol–water partition coefficient (Wildman–Crippen LogP) is 2.35. The Labute approximate surface area is 130 Å². The van der Waals surface area contributed by atoms with Gasteiger partial charge in [-0.3, -0.25) is 4.79 Å². The molecule has 0 aliphatic carbocycles. The minimum absolute atomic E-state index is 0.0745. The molecular formula is C17H21N3O2. The second-order valence-corrected chi connectivity index (χ2v) is 5.64. The summed E-state index contributed by atoms with van der Waals surface area (Å²) in [6.45, 7) is 6.78. The average molecular weight is 299 g/mol. The molecule has 2 heterocycles. The zero-order chi connectivity index (χ0) is 15.5. The van der Waals surface area contributed by atoms with E-state index in [1.807, 2.05) is 53.8 Å². The molecule has 1 aliphatic rings. The van der Waals surface area contributed by atoms with Crippen LogP contribution in [0.25, 0.3) is 5.69 Å².